The molecule has 0 aliphatic carbocycles. The molecule has 1 unspecified atom stereocenters. The molecule has 3 rings (SSSR count). The first kappa shape index (κ1) is 13.0. The minimum absolute atomic E-state index is 0.0559. The Balaban J connectivity index is 2.10. The Morgan fingerprint density at radius 1 is 1.25 bits per heavy atom. The van der Waals surface area contributed by atoms with E-state index in [-0.39, 0.29) is 5.91 Å². The van der Waals surface area contributed by atoms with Gasteiger partial charge in [0.15, 0.2) is 0 Å². The number of nitrogens with zero attached hydrogens (tertiary/aromatic N) is 2. The van der Waals surface area contributed by atoms with Crippen LogP contribution in [0.15, 0.2) is 18.2 Å². The summed E-state index contributed by atoms with van der Waals surface area (Å²) < 4.78 is 0. The van der Waals surface area contributed by atoms with Crippen LogP contribution in [0.4, 0.5) is 5.69 Å². The molecule has 1 atom stereocenters. The molecule has 5 heteroatoms. The van der Waals surface area contributed by atoms with Gasteiger partial charge in [0.25, 0.3) is 0 Å². The monoisotopic (exact) mass is 274 g/mol. The number of carboxylic acids is 1. The summed E-state index contributed by atoms with van der Waals surface area (Å²) in [6.45, 7) is 5.05. The minimum atomic E-state index is -1.18. The van der Waals surface area contributed by atoms with Crippen LogP contribution in [-0.2, 0) is 9.59 Å². The fourth-order valence-electron chi connectivity index (χ4n) is 3.50. The molecule has 2 fully saturated rings. The maximum absolute atomic E-state index is 11.9. The van der Waals surface area contributed by atoms with E-state index < -0.39 is 11.6 Å². The van der Waals surface area contributed by atoms with Gasteiger partial charge in [0.1, 0.15) is 0 Å². The van der Waals surface area contributed by atoms with E-state index in [4.69, 9.17) is 0 Å². The molecule has 0 radical (unpaired) electrons. The van der Waals surface area contributed by atoms with Crippen LogP contribution in [0, 0.1) is 13.8 Å². The van der Waals surface area contributed by atoms with Crippen molar-refractivity contribution in [1.82, 2.24) is 4.90 Å². The number of rotatable bonds is 2. The predicted octanol–water partition coefficient (Wildman–Crippen LogP) is 1.53. The van der Waals surface area contributed by atoms with Gasteiger partial charge in [-0.1, -0.05) is 17.7 Å². The van der Waals surface area contributed by atoms with E-state index in [1.54, 1.807) is 0 Å². The molecule has 1 amide bonds. The lowest BCUT2D eigenvalue weighted by molar-refractivity contribution is -0.151. The fraction of sp³-hybridized carbons (Fsp3) is 0.467. The summed E-state index contributed by atoms with van der Waals surface area (Å²) in [6.07, 6.45) is 0.669. The standard InChI is InChI=1S/C15H18N2O3/c1-10-3-4-12(11(2)9-10)16-7-8-17-13(18)5-6-15(16,17)14(19)20/h3-4,9H,5-8H2,1-2H3,(H,19,20). The van der Waals surface area contributed by atoms with Gasteiger partial charge in [0, 0.05) is 31.6 Å². The Hall–Kier alpha value is -2.04. The number of carbonyl (C=O) groups is 2. The summed E-state index contributed by atoms with van der Waals surface area (Å²) in [6, 6.07) is 5.99. The van der Waals surface area contributed by atoms with Gasteiger partial charge in [-0.2, -0.15) is 0 Å². The van der Waals surface area contributed by atoms with Crippen molar-refractivity contribution in [2.75, 3.05) is 18.0 Å². The highest BCUT2D eigenvalue weighted by atomic mass is 16.4. The van der Waals surface area contributed by atoms with E-state index in [1.165, 1.54) is 4.90 Å². The molecule has 1 N–H and O–H groups in total. The Morgan fingerprint density at radius 2 is 1.95 bits per heavy atom. The number of amides is 1. The molecule has 0 aromatic heterocycles. The predicted molar refractivity (Wildman–Crippen MR) is 74.6 cm³/mol. The summed E-state index contributed by atoms with van der Waals surface area (Å²) in [5, 5.41) is 9.73. The summed E-state index contributed by atoms with van der Waals surface area (Å²) in [7, 11) is 0. The zero-order valence-corrected chi connectivity index (χ0v) is 11.7. The number of aryl methyl sites for hydroxylation is 2. The van der Waals surface area contributed by atoms with Crippen molar-refractivity contribution in [3.05, 3.63) is 29.3 Å². The van der Waals surface area contributed by atoms with Crippen molar-refractivity contribution in [2.24, 2.45) is 0 Å². The molecular formula is C15H18N2O3. The lowest BCUT2D eigenvalue weighted by atomic mass is 10.0. The van der Waals surface area contributed by atoms with Crippen LogP contribution in [0.5, 0.6) is 0 Å². The Morgan fingerprint density at radius 3 is 2.60 bits per heavy atom. The fourth-order valence-corrected chi connectivity index (χ4v) is 3.50. The van der Waals surface area contributed by atoms with Crippen LogP contribution in [0.25, 0.3) is 0 Å². The molecule has 2 aliphatic rings. The molecule has 2 saturated heterocycles. The second kappa shape index (κ2) is 4.23. The number of hydrogen-bond donors (Lipinski definition) is 1. The largest absolute Gasteiger partial charge is 0.478 e. The van der Waals surface area contributed by atoms with E-state index in [9.17, 15) is 14.7 Å². The van der Waals surface area contributed by atoms with Gasteiger partial charge in [0.2, 0.25) is 11.6 Å². The number of benzene rings is 1. The van der Waals surface area contributed by atoms with Crippen LogP contribution in [0.3, 0.4) is 0 Å². The van der Waals surface area contributed by atoms with Crippen molar-refractivity contribution >= 4 is 17.6 Å². The van der Waals surface area contributed by atoms with E-state index in [0.717, 1.165) is 16.8 Å². The Labute approximate surface area is 117 Å². The maximum Gasteiger partial charge on any atom is 0.350 e. The van der Waals surface area contributed by atoms with Crippen molar-refractivity contribution in [1.29, 1.82) is 0 Å². The first-order valence-corrected chi connectivity index (χ1v) is 6.85. The number of aliphatic carboxylic acids is 1. The van der Waals surface area contributed by atoms with Crippen molar-refractivity contribution < 1.29 is 14.7 Å². The molecule has 20 heavy (non-hydrogen) atoms. The summed E-state index contributed by atoms with van der Waals surface area (Å²) in [5.41, 5.74) is 1.92. The average molecular weight is 274 g/mol. The summed E-state index contributed by atoms with van der Waals surface area (Å²) in [4.78, 5) is 27.2. The highest BCUT2D eigenvalue weighted by Crippen LogP contribution is 2.42. The van der Waals surface area contributed by atoms with E-state index in [1.807, 2.05) is 36.9 Å². The highest BCUT2D eigenvalue weighted by Gasteiger charge is 2.59. The molecular weight excluding hydrogens is 256 g/mol. The number of anilines is 1. The van der Waals surface area contributed by atoms with Gasteiger partial charge in [-0.25, -0.2) is 4.79 Å². The van der Waals surface area contributed by atoms with Crippen LogP contribution in [0.2, 0.25) is 0 Å². The molecule has 1 aromatic carbocycles. The summed E-state index contributed by atoms with van der Waals surface area (Å²) >= 11 is 0. The van der Waals surface area contributed by atoms with Crippen LogP contribution in [-0.4, -0.2) is 40.6 Å². The van der Waals surface area contributed by atoms with Crippen molar-refractivity contribution in [3.8, 4) is 0 Å². The molecule has 2 aliphatic heterocycles. The second-order valence-corrected chi connectivity index (χ2v) is 5.61. The Kier molecular flexibility index (Phi) is 2.74. The first-order valence-electron chi connectivity index (χ1n) is 6.85. The normalized spacial score (nSPS) is 25.2. The van der Waals surface area contributed by atoms with Gasteiger partial charge >= 0.3 is 5.97 Å². The minimum Gasteiger partial charge on any atom is -0.478 e. The van der Waals surface area contributed by atoms with E-state index in [0.29, 0.717) is 25.9 Å². The molecule has 106 valence electrons. The highest BCUT2D eigenvalue weighted by molar-refractivity contribution is 5.94. The van der Waals surface area contributed by atoms with E-state index in [2.05, 4.69) is 0 Å². The molecule has 2 heterocycles. The number of hydrogen-bond acceptors (Lipinski definition) is 3. The second-order valence-electron chi connectivity index (χ2n) is 5.61. The maximum atomic E-state index is 11.9. The van der Waals surface area contributed by atoms with Gasteiger partial charge in [-0.05, 0) is 25.5 Å². The van der Waals surface area contributed by atoms with Crippen LogP contribution < -0.4 is 4.90 Å². The number of fused-ring (bicyclic) bond motifs is 1. The quantitative estimate of drug-likeness (QED) is 0.888. The Bertz CT molecular complexity index is 599. The topological polar surface area (TPSA) is 60.9 Å². The van der Waals surface area contributed by atoms with Crippen molar-refractivity contribution in [3.63, 3.8) is 0 Å². The summed E-state index contributed by atoms with van der Waals surface area (Å²) in [5.74, 6) is -0.986. The molecule has 0 spiro atoms. The molecule has 0 bridgehead atoms. The smallest absolute Gasteiger partial charge is 0.350 e. The molecule has 0 saturated carbocycles. The molecule has 5 nitrogen and oxygen atoms in total. The zero-order chi connectivity index (χ0) is 14.5. The van der Waals surface area contributed by atoms with Crippen molar-refractivity contribution in [2.45, 2.75) is 32.4 Å². The third kappa shape index (κ3) is 1.55. The number of carboxylic acid groups (broad SMARTS) is 1. The SMILES string of the molecule is Cc1ccc(N2CCN3C(=O)CCC32C(=O)O)c(C)c1. The third-order valence-electron chi connectivity index (χ3n) is 4.41. The number of carbonyl (C=O) groups excluding carboxylic acids is 1. The van der Waals surface area contributed by atoms with E-state index >= 15 is 0 Å². The van der Waals surface area contributed by atoms with Crippen LogP contribution in [0.1, 0.15) is 24.0 Å². The van der Waals surface area contributed by atoms with Gasteiger partial charge in [-0.15, -0.1) is 0 Å². The third-order valence-corrected chi connectivity index (χ3v) is 4.41. The lowest BCUT2D eigenvalue weighted by Gasteiger charge is -2.37. The lowest BCUT2D eigenvalue weighted by Crippen LogP contribution is -2.57. The first-order chi connectivity index (χ1) is 9.46. The van der Waals surface area contributed by atoms with Gasteiger partial charge in [0.05, 0.1) is 0 Å². The zero-order valence-electron chi connectivity index (χ0n) is 11.7. The molecule has 1 aromatic rings. The average Bonchev–Trinajstić information content (AvgIpc) is 2.90. The van der Waals surface area contributed by atoms with Crippen LogP contribution >= 0.6 is 0 Å². The van der Waals surface area contributed by atoms with Gasteiger partial charge < -0.3 is 14.9 Å². The van der Waals surface area contributed by atoms with Gasteiger partial charge in [-0.3, -0.25) is 4.79 Å².